The molecule has 3 heteroatoms. The summed E-state index contributed by atoms with van der Waals surface area (Å²) in [6, 6.07) is 8.62. The molecule has 0 saturated carbocycles. The van der Waals surface area contributed by atoms with Gasteiger partial charge in [0, 0.05) is 5.56 Å². The van der Waals surface area contributed by atoms with E-state index < -0.39 is 0 Å². The van der Waals surface area contributed by atoms with E-state index in [1.165, 1.54) is 11.1 Å². The van der Waals surface area contributed by atoms with Crippen LogP contribution in [0.2, 0.25) is 0 Å². The van der Waals surface area contributed by atoms with Gasteiger partial charge in [-0.15, -0.1) is 0 Å². The van der Waals surface area contributed by atoms with E-state index in [2.05, 4.69) is 50.2 Å². The Morgan fingerprint density at radius 2 is 1.84 bits per heavy atom. The fourth-order valence-corrected chi connectivity index (χ4v) is 2.20. The molecule has 0 radical (unpaired) electrons. The number of anilines is 1. The van der Waals surface area contributed by atoms with Crippen LogP contribution in [0.1, 0.15) is 36.2 Å². The normalized spacial score (nSPS) is 11.2. The van der Waals surface area contributed by atoms with Crippen LogP contribution in [-0.2, 0) is 19.3 Å². The lowest BCUT2D eigenvalue weighted by atomic mass is 9.99. The molecule has 1 heterocycles. The summed E-state index contributed by atoms with van der Waals surface area (Å²) in [6.07, 6.45) is 2.78. The summed E-state index contributed by atoms with van der Waals surface area (Å²) >= 11 is 0. The molecule has 0 aliphatic rings. The largest absolute Gasteiger partial charge is 0.367 e. The highest BCUT2D eigenvalue weighted by atomic mass is 16.5. The lowest BCUT2D eigenvalue weighted by Crippen LogP contribution is -2.02. The van der Waals surface area contributed by atoms with Gasteiger partial charge in [0.05, 0.1) is 5.69 Å². The number of nitrogens with two attached hydrogens (primary N) is 1. The lowest BCUT2D eigenvalue weighted by Gasteiger charge is -2.05. The first kappa shape index (κ1) is 13.7. The molecule has 0 saturated heterocycles. The topological polar surface area (TPSA) is 52.0 Å². The summed E-state index contributed by atoms with van der Waals surface area (Å²) in [6.45, 7) is 6.45. The monoisotopic (exact) mass is 258 g/mol. The quantitative estimate of drug-likeness (QED) is 0.892. The molecule has 1 aromatic carbocycles. The van der Waals surface area contributed by atoms with Gasteiger partial charge in [-0.25, -0.2) is 0 Å². The fourth-order valence-electron chi connectivity index (χ4n) is 2.20. The molecule has 2 rings (SSSR count). The van der Waals surface area contributed by atoms with E-state index in [-0.39, 0.29) is 0 Å². The van der Waals surface area contributed by atoms with Crippen LogP contribution in [0.15, 0.2) is 28.8 Å². The number of aromatic nitrogens is 1. The molecule has 2 N–H and O–H groups in total. The van der Waals surface area contributed by atoms with Crippen LogP contribution in [0.4, 0.5) is 5.88 Å². The molecular weight excluding hydrogens is 236 g/mol. The number of benzene rings is 1. The van der Waals surface area contributed by atoms with Crippen LogP contribution < -0.4 is 5.73 Å². The average Bonchev–Trinajstić information content (AvgIpc) is 2.70. The number of nitrogens with zero attached hydrogens (tertiary/aromatic N) is 1. The molecule has 0 fully saturated rings. The minimum absolute atomic E-state index is 0.479. The van der Waals surface area contributed by atoms with Crippen molar-refractivity contribution in [3.63, 3.8) is 0 Å². The number of hydrogen-bond acceptors (Lipinski definition) is 3. The molecule has 19 heavy (non-hydrogen) atoms. The first-order chi connectivity index (χ1) is 9.06. The Bertz CT molecular complexity index is 526. The minimum atomic E-state index is 0.479. The van der Waals surface area contributed by atoms with E-state index in [9.17, 15) is 0 Å². The SMILES string of the molecule is Cc1ccc(CCc2noc(N)c2CC(C)C)cc1. The predicted octanol–water partition coefficient (Wildman–Crippen LogP) is 3.55. The van der Waals surface area contributed by atoms with Gasteiger partial charge < -0.3 is 10.3 Å². The van der Waals surface area contributed by atoms with Gasteiger partial charge in [-0.2, -0.15) is 0 Å². The summed E-state index contributed by atoms with van der Waals surface area (Å²) in [5, 5.41) is 4.10. The molecule has 0 unspecified atom stereocenters. The molecule has 0 aliphatic heterocycles. The van der Waals surface area contributed by atoms with Crippen molar-refractivity contribution in [2.24, 2.45) is 5.92 Å². The zero-order valence-corrected chi connectivity index (χ0v) is 11.9. The van der Waals surface area contributed by atoms with Crippen molar-refractivity contribution in [3.05, 3.63) is 46.6 Å². The van der Waals surface area contributed by atoms with Gasteiger partial charge in [0.15, 0.2) is 0 Å². The molecule has 0 aliphatic carbocycles. The second-order valence-corrected chi connectivity index (χ2v) is 5.56. The highest BCUT2D eigenvalue weighted by Gasteiger charge is 2.14. The van der Waals surface area contributed by atoms with E-state index in [0.29, 0.717) is 11.8 Å². The maximum absolute atomic E-state index is 5.85. The van der Waals surface area contributed by atoms with Crippen molar-refractivity contribution in [2.75, 3.05) is 5.73 Å². The standard InChI is InChI=1S/C16H22N2O/c1-11(2)10-14-15(18-19-16(14)17)9-8-13-6-4-12(3)5-7-13/h4-7,11H,8-10,17H2,1-3H3. The molecule has 1 aromatic heterocycles. The second-order valence-electron chi connectivity index (χ2n) is 5.56. The molecule has 0 amide bonds. The van der Waals surface area contributed by atoms with Gasteiger partial charge in [0.1, 0.15) is 0 Å². The van der Waals surface area contributed by atoms with Crippen molar-refractivity contribution in [1.29, 1.82) is 0 Å². The average molecular weight is 258 g/mol. The van der Waals surface area contributed by atoms with Gasteiger partial charge in [-0.1, -0.05) is 48.8 Å². The van der Waals surface area contributed by atoms with Crippen molar-refractivity contribution < 1.29 is 4.52 Å². The van der Waals surface area contributed by atoms with E-state index >= 15 is 0 Å². The molecule has 0 spiro atoms. The zero-order chi connectivity index (χ0) is 13.8. The smallest absolute Gasteiger partial charge is 0.225 e. The van der Waals surface area contributed by atoms with Crippen LogP contribution in [-0.4, -0.2) is 5.16 Å². The van der Waals surface area contributed by atoms with Gasteiger partial charge in [0.25, 0.3) is 0 Å². The molecule has 102 valence electrons. The Balaban J connectivity index is 2.05. The summed E-state index contributed by atoms with van der Waals surface area (Å²) in [4.78, 5) is 0. The van der Waals surface area contributed by atoms with Crippen LogP contribution in [0.5, 0.6) is 0 Å². The van der Waals surface area contributed by atoms with Gasteiger partial charge in [-0.05, 0) is 37.7 Å². The van der Waals surface area contributed by atoms with Crippen molar-refractivity contribution in [2.45, 2.75) is 40.0 Å². The Hall–Kier alpha value is -1.77. The van der Waals surface area contributed by atoms with Crippen LogP contribution in [0.3, 0.4) is 0 Å². The molecule has 0 bridgehead atoms. The number of nitrogen functional groups attached to an aromatic ring is 1. The zero-order valence-electron chi connectivity index (χ0n) is 11.9. The number of rotatable bonds is 5. The molecular formula is C16H22N2O. The summed E-state index contributed by atoms with van der Waals surface area (Å²) in [7, 11) is 0. The highest BCUT2D eigenvalue weighted by Crippen LogP contribution is 2.21. The first-order valence-electron chi connectivity index (χ1n) is 6.84. The maximum Gasteiger partial charge on any atom is 0.225 e. The number of aryl methyl sites for hydroxylation is 3. The fraction of sp³-hybridized carbons (Fsp3) is 0.438. The Labute approximate surface area is 114 Å². The first-order valence-corrected chi connectivity index (χ1v) is 6.84. The highest BCUT2D eigenvalue weighted by molar-refractivity contribution is 5.39. The Kier molecular flexibility index (Phi) is 4.25. The van der Waals surface area contributed by atoms with E-state index in [1.54, 1.807) is 0 Å². The third-order valence-electron chi connectivity index (χ3n) is 3.28. The lowest BCUT2D eigenvalue weighted by molar-refractivity contribution is 0.427. The predicted molar refractivity (Wildman–Crippen MR) is 78.0 cm³/mol. The molecule has 3 nitrogen and oxygen atoms in total. The van der Waals surface area contributed by atoms with Crippen LogP contribution in [0, 0.1) is 12.8 Å². The van der Waals surface area contributed by atoms with Crippen LogP contribution >= 0.6 is 0 Å². The minimum Gasteiger partial charge on any atom is -0.367 e. The summed E-state index contributed by atoms with van der Waals surface area (Å²) in [5.41, 5.74) is 10.5. The Morgan fingerprint density at radius 3 is 2.47 bits per heavy atom. The Morgan fingerprint density at radius 1 is 1.16 bits per heavy atom. The van der Waals surface area contributed by atoms with Crippen LogP contribution in [0.25, 0.3) is 0 Å². The van der Waals surface area contributed by atoms with Crippen molar-refractivity contribution in [3.8, 4) is 0 Å². The third-order valence-corrected chi connectivity index (χ3v) is 3.28. The third kappa shape index (κ3) is 3.60. The molecule has 2 aromatic rings. The van der Waals surface area contributed by atoms with Gasteiger partial charge in [-0.3, -0.25) is 0 Å². The van der Waals surface area contributed by atoms with Gasteiger partial charge >= 0.3 is 0 Å². The van der Waals surface area contributed by atoms with E-state index in [1.807, 2.05) is 0 Å². The molecule has 0 atom stereocenters. The summed E-state index contributed by atoms with van der Waals surface area (Å²) < 4.78 is 5.13. The number of hydrogen-bond donors (Lipinski definition) is 1. The van der Waals surface area contributed by atoms with Crippen molar-refractivity contribution in [1.82, 2.24) is 5.16 Å². The van der Waals surface area contributed by atoms with E-state index in [4.69, 9.17) is 10.3 Å². The van der Waals surface area contributed by atoms with Crippen molar-refractivity contribution >= 4 is 5.88 Å². The van der Waals surface area contributed by atoms with Gasteiger partial charge in [0.2, 0.25) is 5.88 Å². The summed E-state index contributed by atoms with van der Waals surface area (Å²) in [5.74, 6) is 1.03. The van der Waals surface area contributed by atoms with E-state index in [0.717, 1.165) is 30.5 Å². The second kappa shape index (κ2) is 5.91. The maximum atomic E-state index is 5.85.